The zero-order valence-corrected chi connectivity index (χ0v) is 11.7. The predicted molar refractivity (Wildman–Crippen MR) is 73.6 cm³/mol. The molecule has 3 aliphatic rings. The van der Waals surface area contributed by atoms with E-state index in [0.717, 1.165) is 38.8 Å². The van der Waals surface area contributed by atoms with E-state index in [1.54, 1.807) is 0 Å². The van der Waals surface area contributed by atoms with Crippen molar-refractivity contribution >= 4 is 5.91 Å². The van der Waals surface area contributed by atoms with Crippen molar-refractivity contribution in [2.75, 3.05) is 13.2 Å². The van der Waals surface area contributed by atoms with Gasteiger partial charge in [0, 0.05) is 12.6 Å². The molecule has 0 radical (unpaired) electrons. The van der Waals surface area contributed by atoms with Crippen LogP contribution in [0.1, 0.15) is 51.4 Å². The third kappa shape index (κ3) is 2.65. The van der Waals surface area contributed by atoms with Crippen molar-refractivity contribution in [3.63, 3.8) is 0 Å². The number of piperidine rings is 1. The van der Waals surface area contributed by atoms with E-state index in [9.17, 15) is 4.79 Å². The number of hydrogen-bond donors (Lipinski definition) is 2. The van der Waals surface area contributed by atoms with Gasteiger partial charge in [-0.1, -0.05) is 12.8 Å². The summed E-state index contributed by atoms with van der Waals surface area (Å²) in [6.45, 7) is 1.88. The van der Waals surface area contributed by atoms with Gasteiger partial charge in [-0.15, -0.1) is 0 Å². The zero-order chi connectivity index (χ0) is 13.3. The van der Waals surface area contributed by atoms with Gasteiger partial charge in [-0.2, -0.15) is 0 Å². The first-order chi connectivity index (χ1) is 9.20. The first-order valence-electron chi connectivity index (χ1n) is 7.87. The lowest BCUT2D eigenvalue weighted by molar-refractivity contribution is -0.128. The SMILES string of the molecule is NC(=O)C1CCCNC1C1CCOC2(CCCC2)C1. The minimum atomic E-state index is -0.121. The number of ether oxygens (including phenoxy) is 1. The first kappa shape index (κ1) is 13.4. The van der Waals surface area contributed by atoms with Crippen LogP contribution < -0.4 is 11.1 Å². The normalized spacial score (nSPS) is 38.4. The summed E-state index contributed by atoms with van der Waals surface area (Å²) in [6.07, 6.45) is 9.22. The van der Waals surface area contributed by atoms with E-state index in [-0.39, 0.29) is 23.5 Å². The van der Waals surface area contributed by atoms with E-state index in [1.807, 2.05) is 0 Å². The van der Waals surface area contributed by atoms with Crippen LogP contribution in [0, 0.1) is 11.8 Å². The van der Waals surface area contributed by atoms with Crippen LogP contribution in [-0.4, -0.2) is 30.7 Å². The van der Waals surface area contributed by atoms with Crippen molar-refractivity contribution in [1.29, 1.82) is 0 Å². The quantitative estimate of drug-likeness (QED) is 0.797. The minimum Gasteiger partial charge on any atom is -0.375 e. The van der Waals surface area contributed by atoms with Gasteiger partial charge in [0.25, 0.3) is 0 Å². The maximum absolute atomic E-state index is 11.7. The van der Waals surface area contributed by atoms with Crippen molar-refractivity contribution < 1.29 is 9.53 Å². The van der Waals surface area contributed by atoms with E-state index in [2.05, 4.69) is 5.32 Å². The highest BCUT2D eigenvalue weighted by Crippen LogP contribution is 2.44. The van der Waals surface area contributed by atoms with Crippen molar-refractivity contribution in [2.24, 2.45) is 17.6 Å². The Bertz CT molecular complexity index is 339. The summed E-state index contributed by atoms with van der Waals surface area (Å²) in [4.78, 5) is 11.7. The number of hydrogen-bond acceptors (Lipinski definition) is 3. The number of amides is 1. The van der Waals surface area contributed by atoms with Crippen LogP contribution in [0.4, 0.5) is 0 Å². The summed E-state index contributed by atoms with van der Waals surface area (Å²) in [5.74, 6) is 0.462. The minimum absolute atomic E-state index is 0.0234. The molecule has 2 aliphatic heterocycles. The Kier molecular flexibility index (Phi) is 3.81. The summed E-state index contributed by atoms with van der Waals surface area (Å²) < 4.78 is 6.10. The molecule has 3 unspecified atom stereocenters. The predicted octanol–water partition coefficient (Wildman–Crippen LogP) is 1.58. The molecule has 3 N–H and O–H groups in total. The van der Waals surface area contributed by atoms with Gasteiger partial charge < -0.3 is 15.8 Å². The van der Waals surface area contributed by atoms with Gasteiger partial charge in [0.2, 0.25) is 5.91 Å². The van der Waals surface area contributed by atoms with Crippen molar-refractivity contribution in [2.45, 2.75) is 63.0 Å². The summed E-state index contributed by atoms with van der Waals surface area (Å²) in [7, 11) is 0. The van der Waals surface area contributed by atoms with Gasteiger partial charge in [-0.05, 0) is 51.0 Å². The fourth-order valence-corrected chi connectivity index (χ4v) is 4.47. The molecule has 4 heteroatoms. The molecule has 1 spiro atoms. The van der Waals surface area contributed by atoms with E-state index in [4.69, 9.17) is 10.5 Å². The fraction of sp³-hybridized carbons (Fsp3) is 0.933. The van der Waals surface area contributed by atoms with E-state index in [0.29, 0.717) is 5.92 Å². The first-order valence-corrected chi connectivity index (χ1v) is 7.87. The molecular weight excluding hydrogens is 240 g/mol. The summed E-state index contributed by atoms with van der Waals surface area (Å²) in [6, 6.07) is 0.285. The lowest BCUT2D eigenvalue weighted by Gasteiger charge is -2.44. The molecule has 1 saturated carbocycles. The van der Waals surface area contributed by atoms with Crippen LogP contribution >= 0.6 is 0 Å². The van der Waals surface area contributed by atoms with Crippen LogP contribution in [0.2, 0.25) is 0 Å². The van der Waals surface area contributed by atoms with E-state index >= 15 is 0 Å². The number of carbonyl (C=O) groups is 1. The number of rotatable bonds is 2. The molecule has 1 aliphatic carbocycles. The zero-order valence-electron chi connectivity index (χ0n) is 11.7. The highest BCUT2D eigenvalue weighted by Gasteiger charge is 2.44. The van der Waals surface area contributed by atoms with Gasteiger partial charge in [0.05, 0.1) is 11.5 Å². The topological polar surface area (TPSA) is 64.4 Å². The molecule has 3 rings (SSSR count). The molecule has 3 atom stereocenters. The van der Waals surface area contributed by atoms with Crippen LogP contribution in [0.3, 0.4) is 0 Å². The highest BCUT2D eigenvalue weighted by molar-refractivity contribution is 5.77. The molecule has 3 fully saturated rings. The molecule has 0 bridgehead atoms. The third-order valence-corrected chi connectivity index (χ3v) is 5.42. The average molecular weight is 266 g/mol. The van der Waals surface area contributed by atoms with Gasteiger partial charge in [-0.25, -0.2) is 0 Å². The molecule has 0 aromatic rings. The third-order valence-electron chi connectivity index (χ3n) is 5.42. The standard InChI is InChI=1S/C15H26N2O2/c16-14(18)12-4-3-8-17-13(12)11-5-9-19-15(10-11)6-1-2-7-15/h11-13,17H,1-10H2,(H2,16,18). The second kappa shape index (κ2) is 5.41. The Hall–Kier alpha value is -0.610. The second-order valence-corrected chi connectivity index (χ2v) is 6.62. The Balaban J connectivity index is 1.71. The van der Waals surface area contributed by atoms with Gasteiger partial charge in [0.15, 0.2) is 0 Å². The summed E-state index contributed by atoms with van der Waals surface area (Å²) >= 11 is 0. The fourth-order valence-electron chi connectivity index (χ4n) is 4.47. The smallest absolute Gasteiger partial charge is 0.222 e. The highest BCUT2D eigenvalue weighted by atomic mass is 16.5. The lowest BCUT2D eigenvalue weighted by atomic mass is 9.74. The lowest BCUT2D eigenvalue weighted by Crippen LogP contribution is -2.54. The monoisotopic (exact) mass is 266 g/mol. The summed E-state index contributed by atoms with van der Waals surface area (Å²) in [5, 5.41) is 3.57. The Morgan fingerprint density at radius 1 is 1.21 bits per heavy atom. The largest absolute Gasteiger partial charge is 0.375 e. The van der Waals surface area contributed by atoms with Crippen LogP contribution in [-0.2, 0) is 9.53 Å². The molecule has 108 valence electrons. The van der Waals surface area contributed by atoms with Crippen molar-refractivity contribution in [1.82, 2.24) is 5.32 Å². The Morgan fingerprint density at radius 2 is 2.00 bits per heavy atom. The van der Waals surface area contributed by atoms with Crippen LogP contribution in [0.5, 0.6) is 0 Å². The molecule has 1 amide bonds. The number of carbonyl (C=O) groups excluding carboxylic acids is 1. The van der Waals surface area contributed by atoms with Crippen molar-refractivity contribution in [3.8, 4) is 0 Å². The number of nitrogens with one attached hydrogen (secondary N) is 1. The molecule has 2 saturated heterocycles. The maximum atomic E-state index is 11.7. The number of nitrogens with two attached hydrogens (primary N) is 1. The Labute approximate surface area is 115 Å². The van der Waals surface area contributed by atoms with Gasteiger partial charge >= 0.3 is 0 Å². The summed E-state index contributed by atoms with van der Waals surface area (Å²) in [5.41, 5.74) is 5.73. The molecule has 2 heterocycles. The van der Waals surface area contributed by atoms with Crippen LogP contribution in [0.15, 0.2) is 0 Å². The Morgan fingerprint density at radius 3 is 2.74 bits per heavy atom. The van der Waals surface area contributed by atoms with Crippen molar-refractivity contribution in [3.05, 3.63) is 0 Å². The number of primary amides is 1. The van der Waals surface area contributed by atoms with Gasteiger partial charge in [-0.3, -0.25) is 4.79 Å². The second-order valence-electron chi connectivity index (χ2n) is 6.62. The van der Waals surface area contributed by atoms with E-state index < -0.39 is 0 Å². The maximum Gasteiger partial charge on any atom is 0.222 e. The van der Waals surface area contributed by atoms with Gasteiger partial charge in [0.1, 0.15) is 0 Å². The average Bonchev–Trinajstić information content (AvgIpc) is 2.86. The molecular formula is C15H26N2O2. The molecule has 4 nitrogen and oxygen atoms in total. The van der Waals surface area contributed by atoms with Crippen LogP contribution in [0.25, 0.3) is 0 Å². The molecule has 0 aromatic carbocycles. The molecule has 0 aromatic heterocycles. The van der Waals surface area contributed by atoms with E-state index in [1.165, 1.54) is 25.7 Å². The molecule has 19 heavy (non-hydrogen) atoms.